The van der Waals surface area contributed by atoms with Crippen LogP contribution in [0.1, 0.15) is 6.42 Å². The lowest BCUT2D eigenvalue weighted by atomic mass is 10.2. The van der Waals surface area contributed by atoms with E-state index in [0.717, 1.165) is 12.3 Å². The molecule has 0 radical (unpaired) electrons. The highest BCUT2D eigenvalue weighted by Gasteiger charge is 2.14. The predicted octanol–water partition coefficient (Wildman–Crippen LogP) is 4.56. The van der Waals surface area contributed by atoms with E-state index in [1.807, 2.05) is 42.3 Å². The Balaban J connectivity index is 2.10. The molecule has 22 heavy (non-hydrogen) atoms. The van der Waals surface area contributed by atoms with Gasteiger partial charge in [0.1, 0.15) is 17.2 Å². The van der Waals surface area contributed by atoms with E-state index in [2.05, 4.69) is 9.98 Å². The van der Waals surface area contributed by atoms with Gasteiger partial charge in [0.05, 0.1) is 10.0 Å². The lowest BCUT2D eigenvalue weighted by Crippen LogP contribution is -2.25. The molecule has 0 saturated carbocycles. The maximum absolute atomic E-state index is 10.1. The second-order valence-corrected chi connectivity index (χ2v) is 5.64. The monoisotopic (exact) mass is 333 g/mol. The number of halogens is 2. The summed E-state index contributed by atoms with van der Waals surface area (Å²) in [5, 5.41) is 11.4. The highest BCUT2D eigenvalue weighted by atomic mass is 35.5. The van der Waals surface area contributed by atoms with E-state index in [4.69, 9.17) is 23.2 Å². The van der Waals surface area contributed by atoms with Gasteiger partial charge in [-0.05, 0) is 30.7 Å². The third kappa shape index (κ3) is 2.67. The van der Waals surface area contributed by atoms with E-state index in [0.29, 0.717) is 21.7 Å². The van der Waals surface area contributed by atoms with Crippen LogP contribution in [0.15, 0.2) is 47.6 Å². The number of pyridine rings is 1. The minimum Gasteiger partial charge on any atom is -0.504 e. The van der Waals surface area contributed by atoms with Crippen LogP contribution in [-0.2, 0) is 0 Å². The van der Waals surface area contributed by atoms with Gasteiger partial charge in [-0.15, -0.1) is 0 Å². The molecule has 0 spiro atoms. The Hall–Kier alpha value is -2.04. The minimum atomic E-state index is -0.0745. The number of nitrogens with zero attached hydrogens (tertiary/aromatic N) is 3. The van der Waals surface area contributed by atoms with Crippen molar-refractivity contribution >= 4 is 45.8 Å². The number of rotatable bonds is 1. The van der Waals surface area contributed by atoms with E-state index in [-0.39, 0.29) is 10.8 Å². The summed E-state index contributed by atoms with van der Waals surface area (Å²) in [6, 6.07) is 5.14. The molecule has 1 aliphatic rings. The second-order valence-electron chi connectivity index (χ2n) is 4.82. The van der Waals surface area contributed by atoms with Crippen LogP contribution in [0, 0.1) is 0 Å². The quantitative estimate of drug-likeness (QED) is 0.832. The standard InChI is InChI=1S/C16H13Cl2N3O/c1-21(13-5-3-2-4-8-19-13)14-7-6-10-11(17)9-12(18)16(22)15(10)20-14/h3-9,22H,2H2,1H3. The van der Waals surface area contributed by atoms with Crippen molar-refractivity contribution in [1.82, 2.24) is 4.98 Å². The number of anilines is 1. The molecule has 1 aromatic heterocycles. The number of benzene rings is 1. The first-order chi connectivity index (χ1) is 10.6. The first kappa shape index (κ1) is 14.9. The van der Waals surface area contributed by atoms with Gasteiger partial charge in [0.2, 0.25) is 0 Å². The first-order valence-corrected chi connectivity index (χ1v) is 7.44. The maximum atomic E-state index is 10.1. The van der Waals surface area contributed by atoms with Crippen LogP contribution in [0.3, 0.4) is 0 Å². The zero-order chi connectivity index (χ0) is 15.7. The summed E-state index contributed by atoms with van der Waals surface area (Å²) in [6.07, 6.45) is 8.52. The van der Waals surface area contributed by atoms with Gasteiger partial charge in [0, 0.05) is 18.6 Å². The molecule has 3 rings (SSSR count). The van der Waals surface area contributed by atoms with E-state index in [1.165, 1.54) is 6.07 Å². The lowest BCUT2D eigenvalue weighted by Gasteiger charge is -2.18. The Kier molecular flexibility index (Phi) is 4.05. The fourth-order valence-electron chi connectivity index (χ4n) is 2.18. The molecule has 0 aliphatic carbocycles. The maximum Gasteiger partial charge on any atom is 0.160 e. The lowest BCUT2D eigenvalue weighted by molar-refractivity contribution is 0.480. The number of phenolic OH excluding ortho intramolecular Hbond substituents is 1. The number of phenols is 1. The zero-order valence-electron chi connectivity index (χ0n) is 11.8. The van der Waals surface area contributed by atoms with Crippen LogP contribution < -0.4 is 4.90 Å². The van der Waals surface area contributed by atoms with Crippen LogP contribution in [-0.4, -0.2) is 23.0 Å². The number of hydrogen-bond donors (Lipinski definition) is 1. The molecule has 0 saturated heterocycles. The molecule has 112 valence electrons. The smallest absolute Gasteiger partial charge is 0.160 e. The number of allylic oxidation sites excluding steroid dienone is 2. The Morgan fingerprint density at radius 2 is 2.00 bits per heavy atom. The molecule has 1 N–H and O–H groups in total. The summed E-state index contributed by atoms with van der Waals surface area (Å²) in [5.74, 6) is 1.32. The average Bonchev–Trinajstić information content (AvgIpc) is 2.80. The fraction of sp³-hybridized carbons (Fsp3) is 0.125. The molecule has 0 fully saturated rings. The number of aliphatic imine (C=N–C) groups is 1. The fourth-order valence-corrected chi connectivity index (χ4v) is 2.70. The van der Waals surface area contributed by atoms with Crippen molar-refractivity contribution in [3.63, 3.8) is 0 Å². The summed E-state index contributed by atoms with van der Waals surface area (Å²) in [7, 11) is 1.86. The van der Waals surface area contributed by atoms with E-state index >= 15 is 0 Å². The molecule has 2 heterocycles. The average molecular weight is 334 g/mol. The highest BCUT2D eigenvalue weighted by molar-refractivity contribution is 6.39. The Morgan fingerprint density at radius 3 is 2.82 bits per heavy atom. The van der Waals surface area contributed by atoms with Crippen molar-refractivity contribution in [1.29, 1.82) is 0 Å². The third-order valence-corrected chi connectivity index (χ3v) is 3.98. The molecule has 0 unspecified atom stereocenters. The normalized spacial score (nSPS) is 14.0. The van der Waals surface area contributed by atoms with E-state index in [1.54, 1.807) is 6.20 Å². The number of aromatic hydroxyl groups is 1. The molecule has 6 heteroatoms. The van der Waals surface area contributed by atoms with Crippen LogP contribution in [0.5, 0.6) is 5.75 Å². The van der Waals surface area contributed by atoms with Crippen molar-refractivity contribution in [3.8, 4) is 5.75 Å². The minimum absolute atomic E-state index is 0.0745. The Morgan fingerprint density at radius 1 is 1.18 bits per heavy atom. The number of hydrogen-bond acceptors (Lipinski definition) is 4. The molecular weight excluding hydrogens is 321 g/mol. The van der Waals surface area contributed by atoms with Crippen LogP contribution in [0.25, 0.3) is 10.9 Å². The largest absolute Gasteiger partial charge is 0.504 e. The van der Waals surface area contributed by atoms with Gasteiger partial charge in [0.25, 0.3) is 0 Å². The number of fused-ring (bicyclic) bond motifs is 1. The van der Waals surface area contributed by atoms with Crippen molar-refractivity contribution < 1.29 is 5.11 Å². The summed E-state index contributed by atoms with van der Waals surface area (Å²) in [4.78, 5) is 10.7. The summed E-state index contributed by atoms with van der Waals surface area (Å²) < 4.78 is 0. The Bertz CT molecular complexity index is 828. The predicted molar refractivity (Wildman–Crippen MR) is 92.2 cm³/mol. The van der Waals surface area contributed by atoms with Gasteiger partial charge in [-0.3, -0.25) is 0 Å². The van der Waals surface area contributed by atoms with E-state index < -0.39 is 0 Å². The second kappa shape index (κ2) is 5.99. The highest BCUT2D eigenvalue weighted by Crippen LogP contribution is 2.37. The number of aromatic nitrogens is 1. The molecule has 1 aromatic carbocycles. The van der Waals surface area contributed by atoms with Crippen LogP contribution in [0.2, 0.25) is 10.0 Å². The molecule has 0 atom stereocenters. The van der Waals surface area contributed by atoms with Crippen LogP contribution >= 0.6 is 23.2 Å². The van der Waals surface area contributed by atoms with Crippen molar-refractivity contribution in [2.75, 3.05) is 11.9 Å². The van der Waals surface area contributed by atoms with Crippen molar-refractivity contribution in [2.24, 2.45) is 4.99 Å². The van der Waals surface area contributed by atoms with E-state index in [9.17, 15) is 5.11 Å². The molecule has 1 aliphatic heterocycles. The van der Waals surface area contributed by atoms with Gasteiger partial charge in [-0.1, -0.05) is 35.4 Å². The van der Waals surface area contributed by atoms with Gasteiger partial charge in [-0.25, -0.2) is 9.98 Å². The number of likely N-dealkylation sites (N-methyl/N-ethyl adjacent to an activating group) is 1. The SMILES string of the molecule is CN(C1=NC=CCC=C1)c1ccc2c(Cl)cc(Cl)c(O)c2n1. The van der Waals surface area contributed by atoms with Gasteiger partial charge < -0.3 is 10.0 Å². The van der Waals surface area contributed by atoms with Gasteiger partial charge in [-0.2, -0.15) is 0 Å². The van der Waals surface area contributed by atoms with Crippen molar-refractivity contribution in [3.05, 3.63) is 52.7 Å². The summed E-state index contributed by atoms with van der Waals surface area (Å²) >= 11 is 12.1. The van der Waals surface area contributed by atoms with Crippen molar-refractivity contribution in [2.45, 2.75) is 6.42 Å². The topological polar surface area (TPSA) is 48.7 Å². The molecule has 0 amide bonds. The Labute approximate surface area is 138 Å². The van der Waals surface area contributed by atoms with Gasteiger partial charge >= 0.3 is 0 Å². The zero-order valence-corrected chi connectivity index (χ0v) is 13.3. The molecule has 0 bridgehead atoms. The molecular formula is C16H13Cl2N3O. The summed E-state index contributed by atoms with van der Waals surface area (Å²) in [6.45, 7) is 0. The number of amidine groups is 1. The molecule has 2 aromatic rings. The summed E-state index contributed by atoms with van der Waals surface area (Å²) in [5.41, 5.74) is 0.371. The molecule has 4 nitrogen and oxygen atoms in total. The third-order valence-electron chi connectivity index (χ3n) is 3.38. The van der Waals surface area contributed by atoms with Gasteiger partial charge in [0.15, 0.2) is 5.75 Å². The van der Waals surface area contributed by atoms with Crippen LogP contribution in [0.4, 0.5) is 5.82 Å². The first-order valence-electron chi connectivity index (χ1n) is 6.68.